The van der Waals surface area contributed by atoms with Gasteiger partial charge in [-0.15, -0.1) is 0 Å². The molecule has 1 aromatic heterocycles. The second kappa shape index (κ2) is 17.7. The van der Waals surface area contributed by atoms with Crippen LogP contribution in [0.1, 0.15) is 60.9 Å². The molecule has 4 unspecified atom stereocenters. The SMILES string of the molecule is CC12C=C(N(c3ccccc3)C3(C)C=CC=CC3)C=CC1Oc1cc(N(c3cccc4c3-c3ccccc3C43C4=C(C=CCC4)c4ccccc43)c3cccc4c3oc3ccc(N(c5ccccc5)c5ccccc5)cc34)ccc12. The number of allylic oxidation sites excluding steroid dienone is 7. The van der Waals surface area contributed by atoms with E-state index >= 15 is 0 Å². The molecule has 10 aromatic rings. The summed E-state index contributed by atoms with van der Waals surface area (Å²) in [6, 6.07) is 77.6. The third-order valence-corrected chi connectivity index (χ3v) is 18.1. The Morgan fingerprint density at radius 2 is 1.18 bits per heavy atom. The maximum Gasteiger partial charge on any atom is 0.159 e. The van der Waals surface area contributed by atoms with Gasteiger partial charge in [-0.05, 0) is 163 Å². The molecule has 2 heterocycles. The molecule has 5 aliphatic carbocycles. The summed E-state index contributed by atoms with van der Waals surface area (Å²) in [5.41, 5.74) is 20.9. The average Bonchev–Trinajstić information content (AvgIpc) is 4.37. The zero-order valence-corrected chi connectivity index (χ0v) is 44.8. The van der Waals surface area contributed by atoms with Gasteiger partial charge in [0.25, 0.3) is 0 Å². The fraction of sp³-hybridized carbons (Fsp3) is 0.120. The zero-order valence-electron chi connectivity index (χ0n) is 44.8. The van der Waals surface area contributed by atoms with Crippen LogP contribution in [0.5, 0.6) is 5.75 Å². The number of furan rings is 1. The number of rotatable bonds is 9. The van der Waals surface area contributed by atoms with Crippen molar-refractivity contribution in [1.29, 1.82) is 0 Å². The molecule has 0 amide bonds. The van der Waals surface area contributed by atoms with Gasteiger partial charge in [0.15, 0.2) is 5.58 Å². The lowest BCUT2D eigenvalue weighted by atomic mass is 9.68. The third kappa shape index (κ3) is 6.70. The topological polar surface area (TPSA) is 32.1 Å². The van der Waals surface area contributed by atoms with Gasteiger partial charge in [-0.25, -0.2) is 0 Å². The largest absolute Gasteiger partial charge is 0.485 e. The van der Waals surface area contributed by atoms with Crippen molar-refractivity contribution in [1.82, 2.24) is 0 Å². The number of para-hydroxylation sites is 4. The molecule has 0 fully saturated rings. The Bertz CT molecular complexity index is 4330. The van der Waals surface area contributed by atoms with Crippen molar-refractivity contribution < 1.29 is 9.15 Å². The van der Waals surface area contributed by atoms with E-state index < -0.39 is 10.8 Å². The van der Waals surface area contributed by atoms with Crippen molar-refractivity contribution in [3.8, 4) is 16.9 Å². The molecule has 80 heavy (non-hydrogen) atoms. The Morgan fingerprint density at radius 1 is 0.512 bits per heavy atom. The summed E-state index contributed by atoms with van der Waals surface area (Å²) >= 11 is 0. The smallest absolute Gasteiger partial charge is 0.159 e. The Labute approximate surface area is 467 Å². The Kier molecular flexibility index (Phi) is 10.3. The summed E-state index contributed by atoms with van der Waals surface area (Å²) in [4.78, 5) is 7.28. The van der Waals surface area contributed by atoms with E-state index in [0.717, 1.165) is 98.0 Å². The van der Waals surface area contributed by atoms with Crippen LogP contribution in [0.15, 0.2) is 283 Å². The predicted octanol–water partition coefficient (Wildman–Crippen LogP) is 19.2. The fourth-order valence-corrected chi connectivity index (χ4v) is 14.6. The second-order valence-electron chi connectivity index (χ2n) is 22.6. The minimum Gasteiger partial charge on any atom is -0.485 e. The van der Waals surface area contributed by atoms with Crippen LogP contribution < -0.4 is 19.4 Å². The first-order valence-electron chi connectivity index (χ1n) is 28.2. The van der Waals surface area contributed by atoms with E-state index in [1.807, 2.05) is 0 Å². The first kappa shape index (κ1) is 46.5. The average molecular weight is 1030 g/mol. The first-order chi connectivity index (χ1) is 39.4. The summed E-state index contributed by atoms with van der Waals surface area (Å²) in [7, 11) is 0. The fourth-order valence-electron chi connectivity index (χ4n) is 14.6. The normalized spacial score (nSPS) is 21.4. The number of ether oxygens (including phenoxy) is 1. The summed E-state index contributed by atoms with van der Waals surface area (Å²) < 4.78 is 14.4. The number of anilines is 7. The Hall–Kier alpha value is -9.58. The van der Waals surface area contributed by atoms with Crippen LogP contribution in [-0.2, 0) is 10.8 Å². The minimum atomic E-state index is -0.445. The maximum atomic E-state index is 7.23. The molecule has 384 valence electrons. The monoisotopic (exact) mass is 1030 g/mol. The summed E-state index contributed by atoms with van der Waals surface area (Å²) in [5, 5.41) is 2.09. The molecular weight excluding hydrogens is 975 g/mol. The summed E-state index contributed by atoms with van der Waals surface area (Å²) in [5.74, 6) is 0.876. The summed E-state index contributed by atoms with van der Waals surface area (Å²) in [6.07, 6.45) is 23.4. The van der Waals surface area contributed by atoms with Crippen molar-refractivity contribution in [3.05, 3.63) is 306 Å². The molecule has 0 N–H and O–H groups in total. The second-order valence-corrected chi connectivity index (χ2v) is 22.6. The standard InChI is InChI=1S/C75H57N3O2/c1-73(45-19-6-20-46-73)78(52-27-11-5-12-28-52)55-41-44-70-74(2,49-55)64-42-39-54(48-69(64)79-70)77(66-37-22-36-65-71(66)59-31-15-18-35-63(59)75(65)61-33-16-13-29-56(61)57-30-14-17-34-62(57)75)67-38-21-32-58-60-47-53(40-43-68(60)80-72(58)67)76(50-23-7-3-8-24-50)51-25-9-4-10-26-51/h3-16,18-33,35-45,47-49,70H,17,34,46H2,1-2H3. The third-order valence-electron chi connectivity index (χ3n) is 18.1. The number of hydrogen-bond donors (Lipinski definition) is 0. The van der Waals surface area contributed by atoms with Gasteiger partial charge in [-0.2, -0.15) is 0 Å². The molecule has 16 rings (SSSR count). The number of fused-ring (bicyclic) bond motifs is 15. The molecule has 0 radical (unpaired) electrons. The molecule has 0 saturated carbocycles. The van der Waals surface area contributed by atoms with Crippen LogP contribution in [0.3, 0.4) is 0 Å². The van der Waals surface area contributed by atoms with Crippen LogP contribution in [0.4, 0.5) is 39.8 Å². The van der Waals surface area contributed by atoms with Gasteiger partial charge in [0, 0.05) is 62.1 Å². The Balaban J connectivity index is 0.903. The van der Waals surface area contributed by atoms with E-state index in [1.54, 1.807) is 0 Å². The maximum absolute atomic E-state index is 7.23. The van der Waals surface area contributed by atoms with Gasteiger partial charge in [0.1, 0.15) is 17.4 Å². The lowest BCUT2D eigenvalue weighted by molar-refractivity contribution is 0.227. The van der Waals surface area contributed by atoms with E-state index in [4.69, 9.17) is 9.15 Å². The Morgan fingerprint density at radius 3 is 1.94 bits per heavy atom. The number of benzene rings is 9. The molecule has 6 aliphatic rings. The summed E-state index contributed by atoms with van der Waals surface area (Å²) in [6.45, 7) is 4.68. The van der Waals surface area contributed by atoms with E-state index in [-0.39, 0.29) is 11.6 Å². The van der Waals surface area contributed by atoms with Crippen molar-refractivity contribution in [2.24, 2.45) is 0 Å². The molecule has 1 aliphatic heterocycles. The highest BCUT2D eigenvalue weighted by Crippen LogP contribution is 2.66. The van der Waals surface area contributed by atoms with Crippen LogP contribution in [-0.4, -0.2) is 11.6 Å². The van der Waals surface area contributed by atoms with Crippen LogP contribution in [0, 0.1) is 0 Å². The van der Waals surface area contributed by atoms with E-state index in [1.165, 1.54) is 44.5 Å². The highest BCUT2D eigenvalue weighted by atomic mass is 16.5. The van der Waals surface area contributed by atoms with Crippen molar-refractivity contribution >= 4 is 67.3 Å². The number of nitrogens with zero attached hydrogens (tertiary/aromatic N) is 3. The van der Waals surface area contributed by atoms with Crippen LogP contribution in [0.25, 0.3) is 38.6 Å². The molecule has 0 saturated heterocycles. The van der Waals surface area contributed by atoms with Crippen LogP contribution >= 0.6 is 0 Å². The van der Waals surface area contributed by atoms with Crippen LogP contribution in [0.2, 0.25) is 0 Å². The van der Waals surface area contributed by atoms with Crippen molar-refractivity contribution in [2.45, 2.75) is 55.6 Å². The number of hydrogen-bond acceptors (Lipinski definition) is 5. The highest BCUT2D eigenvalue weighted by molar-refractivity contribution is 6.12. The van der Waals surface area contributed by atoms with Gasteiger partial charge >= 0.3 is 0 Å². The van der Waals surface area contributed by atoms with Gasteiger partial charge in [-0.1, -0.05) is 170 Å². The zero-order chi connectivity index (χ0) is 53.2. The molecular formula is C75H57N3O2. The van der Waals surface area contributed by atoms with Gasteiger partial charge in [0.2, 0.25) is 0 Å². The van der Waals surface area contributed by atoms with E-state index in [9.17, 15) is 0 Å². The minimum absolute atomic E-state index is 0.196. The van der Waals surface area contributed by atoms with Crippen molar-refractivity contribution in [3.63, 3.8) is 0 Å². The molecule has 5 nitrogen and oxygen atoms in total. The molecule has 0 bridgehead atoms. The molecule has 5 heteroatoms. The van der Waals surface area contributed by atoms with E-state index in [0.29, 0.717) is 0 Å². The highest BCUT2D eigenvalue weighted by Gasteiger charge is 2.54. The van der Waals surface area contributed by atoms with E-state index in [2.05, 4.69) is 296 Å². The van der Waals surface area contributed by atoms with Gasteiger partial charge in [-0.3, -0.25) is 0 Å². The molecule has 4 atom stereocenters. The van der Waals surface area contributed by atoms with Crippen molar-refractivity contribution in [2.75, 3.05) is 14.7 Å². The molecule has 1 spiro atoms. The lowest BCUT2D eigenvalue weighted by Gasteiger charge is -2.44. The quantitative estimate of drug-likeness (QED) is 0.144. The van der Waals surface area contributed by atoms with Gasteiger partial charge < -0.3 is 23.9 Å². The predicted molar refractivity (Wildman–Crippen MR) is 329 cm³/mol. The van der Waals surface area contributed by atoms with Gasteiger partial charge in [0.05, 0.1) is 27.7 Å². The lowest BCUT2D eigenvalue weighted by Crippen LogP contribution is -2.46. The first-order valence-corrected chi connectivity index (χ1v) is 28.2. The molecule has 9 aromatic carbocycles.